The number of benzene rings is 1. The van der Waals surface area contributed by atoms with Crippen LogP contribution in [0.3, 0.4) is 0 Å². The highest BCUT2D eigenvalue weighted by atomic mass is 79.9. The van der Waals surface area contributed by atoms with Crippen LogP contribution in [-0.2, 0) is 11.3 Å². The molecule has 0 saturated heterocycles. The number of aliphatic hydroxyl groups excluding tert-OH is 1. The summed E-state index contributed by atoms with van der Waals surface area (Å²) in [6, 6.07) is 1.71. The predicted octanol–water partition coefficient (Wildman–Crippen LogP) is 3.31. The Bertz CT molecular complexity index is 651. The van der Waals surface area contributed by atoms with Gasteiger partial charge in [0.05, 0.1) is 34.5 Å². The molecule has 0 bridgehead atoms. The van der Waals surface area contributed by atoms with Crippen molar-refractivity contribution in [3.63, 3.8) is 0 Å². The summed E-state index contributed by atoms with van der Waals surface area (Å²) in [6.45, 7) is 0.734. The van der Waals surface area contributed by atoms with Gasteiger partial charge in [-0.2, -0.15) is 5.10 Å². The minimum absolute atomic E-state index is 0.211. The van der Waals surface area contributed by atoms with Gasteiger partial charge < -0.3 is 9.84 Å². The fraction of sp³-hybridized carbons (Fsp3) is 0.308. The first-order chi connectivity index (χ1) is 9.95. The van der Waals surface area contributed by atoms with Gasteiger partial charge in [0, 0.05) is 12.7 Å². The molecule has 0 spiro atoms. The topological polar surface area (TPSA) is 47.3 Å². The van der Waals surface area contributed by atoms with E-state index < -0.39 is 17.7 Å². The molecule has 0 aliphatic heterocycles. The van der Waals surface area contributed by atoms with E-state index in [1.807, 2.05) is 0 Å². The van der Waals surface area contributed by atoms with Crippen LogP contribution in [0.4, 0.5) is 8.78 Å². The Morgan fingerprint density at radius 3 is 2.81 bits per heavy atom. The molecule has 1 atom stereocenters. The van der Waals surface area contributed by atoms with Crippen molar-refractivity contribution < 1.29 is 18.6 Å². The van der Waals surface area contributed by atoms with E-state index >= 15 is 0 Å². The molecule has 4 nitrogen and oxygen atoms in total. The molecule has 1 unspecified atom stereocenters. The van der Waals surface area contributed by atoms with Crippen LogP contribution < -0.4 is 0 Å². The average molecular weight is 382 g/mol. The molecule has 2 aromatic rings. The summed E-state index contributed by atoms with van der Waals surface area (Å²) < 4.78 is 34.3. The average Bonchev–Trinajstić information content (AvgIpc) is 2.81. The van der Waals surface area contributed by atoms with Crippen LogP contribution >= 0.6 is 27.5 Å². The summed E-state index contributed by atoms with van der Waals surface area (Å²) in [5.74, 6) is -1.59. The fourth-order valence-electron chi connectivity index (χ4n) is 1.89. The first kappa shape index (κ1) is 16.4. The first-order valence-corrected chi connectivity index (χ1v) is 7.15. The number of nitrogens with zero attached hydrogens (tertiary/aromatic N) is 2. The molecule has 1 aromatic carbocycles. The second-order valence-corrected chi connectivity index (χ2v) is 5.55. The highest BCUT2D eigenvalue weighted by Gasteiger charge is 2.23. The van der Waals surface area contributed by atoms with E-state index in [9.17, 15) is 13.9 Å². The molecule has 0 radical (unpaired) electrons. The lowest BCUT2D eigenvalue weighted by Crippen LogP contribution is -2.14. The Hall–Kier alpha value is -1.02. The molecular formula is C13H12BrClF2N2O2. The molecular weight excluding hydrogens is 370 g/mol. The fourth-order valence-corrected chi connectivity index (χ4v) is 2.56. The van der Waals surface area contributed by atoms with Gasteiger partial charge in [-0.15, -0.1) is 0 Å². The van der Waals surface area contributed by atoms with E-state index in [0.717, 1.165) is 12.1 Å². The summed E-state index contributed by atoms with van der Waals surface area (Å²) >= 11 is 8.74. The lowest BCUT2D eigenvalue weighted by molar-refractivity contribution is 0.169. The Labute approximate surface area is 133 Å². The second-order valence-electron chi connectivity index (χ2n) is 4.28. The number of halogens is 4. The largest absolute Gasteiger partial charge is 0.383 e. The molecule has 0 aliphatic rings. The van der Waals surface area contributed by atoms with Gasteiger partial charge in [0.25, 0.3) is 0 Å². The Kier molecular flexibility index (Phi) is 5.32. The van der Waals surface area contributed by atoms with Crippen molar-refractivity contribution in [2.45, 2.75) is 12.6 Å². The molecule has 8 heteroatoms. The number of aliphatic hydroxyl groups is 1. The van der Waals surface area contributed by atoms with Crippen molar-refractivity contribution in [1.82, 2.24) is 9.78 Å². The summed E-state index contributed by atoms with van der Waals surface area (Å²) in [5, 5.41) is 14.1. The van der Waals surface area contributed by atoms with Crippen molar-refractivity contribution >= 4 is 27.5 Å². The molecule has 1 aromatic heterocycles. The van der Waals surface area contributed by atoms with Gasteiger partial charge in [-0.05, 0) is 28.1 Å². The van der Waals surface area contributed by atoms with Gasteiger partial charge in [0.15, 0.2) is 0 Å². The number of hydrogen-bond acceptors (Lipinski definition) is 3. The maximum Gasteiger partial charge on any atom is 0.142 e. The molecule has 0 amide bonds. The molecule has 0 saturated carbocycles. The molecule has 0 aliphatic carbocycles. The Balaban J connectivity index is 2.42. The molecule has 21 heavy (non-hydrogen) atoms. The number of hydrogen-bond donors (Lipinski definition) is 1. The van der Waals surface area contributed by atoms with Crippen molar-refractivity contribution in [2.75, 3.05) is 13.7 Å². The van der Waals surface area contributed by atoms with Gasteiger partial charge in [0.2, 0.25) is 0 Å². The van der Waals surface area contributed by atoms with Crippen LogP contribution in [0.25, 0.3) is 0 Å². The zero-order chi connectivity index (χ0) is 15.6. The van der Waals surface area contributed by atoms with Gasteiger partial charge in [0.1, 0.15) is 17.7 Å². The standard InChI is InChI=1S/C13H12BrClF2N2O2/c1-21-3-2-19-12(8(14)6-18-19)13(20)7-4-11(17)9(15)5-10(7)16/h4-6,13,20H,2-3H2,1H3. The zero-order valence-corrected chi connectivity index (χ0v) is 13.3. The second kappa shape index (κ2) is 6.83. The van der Waals surface area contributed by atoms with Gasteiger partial charge in [-0.1, -0.05) is 11.6 Å². The minimum Gasteiger partial charge on any atom is -0.383 e. The van der Waals surface area contributed by atoms with Crippen LogP contribution in [0.15, 0.2) is 22.8 Å². The van der Waals surface area contributed by atoms with Crippen molar-refractivity contribution in [3.8, 4) is 0 Å². The summed E-state index contributed by atoms with van der Waals surface area (Å²) in [6.07, 6.45) is 0.0868. The maximum absolute atomic E-state index is 13.9. The molecule has 114 valence electrons. The summed E-state index contributed by atoms with van der Waals surface area (Å²) in [4.78, 5) is 0. The van der Waals surface area contributed by atoms with E-state index in [-0.39, 0.29) is 10.6 Å². The first-order valence-electron chi connectivity index (χ1n) is 5.98. The van der Waals surface area contributed by atoms with Crippen molar-refractivity contribution in [2.24, 2.45) is 0 Å². The van der Waals surface area contributed by atoms with Crippen LogP contribution in [0.1, 0.15) is 17.4 Å². The molecule has 0 fully saturated rings. The number of methoxy groups -OCH3 is 1. The quantitative estimate of drug-likeness (QED) is 0.809. The lowest BCUT2D eigenvalue weighted by atomic mass is 10.1. The van der Waals surface area contributed by atoms with Gasteiger partial charge in [-0.3, -0.25) is 4.68 Å². The molecule has 1 N–H and O–H groups in total. The minimum atomic E-state index is -1.38. The smallest absolute Gasteiger partial charge is 0.142 e. The van der Waals surface area contributed by atoms with Crippen LogP contribution in [0.5, 0.6) is 0 Å². The van der Waals surface area contributed by atoms with Crippen molar-refractivity contribution in [1.29, 1.82) is 0 Å². The third-order valence-corrected chi connectivity index (χ3v) is 3.83. The van der Waals surface area contributed by atoms with Gasteiger partial charge >= 0.3 is 0 Å². The third-order valence-electron chi connectivity index (χ3n) is 2.93. The van der Waals surface area contributed by atoms with Crippen LogP contribution in [0, 0.1) is 11.6 Å². The highest BCUT2D eigenvalue weighted by molar-refractivity contribution is 9.10. The summed E-state index contributed by atoms with van der Waals surface area (Å²) in [7, 11) is 1.53. The van der Waals surface area contributed by atoms with Crippen LogP contribution in [-0.4, -0.2) is 28.6 Å². The van der Waals surface area contributed by atoms with E-state index in [1.54, 1.807) is 0 Å². The SMILES string of the molecule is COCCn1ncc(Br)c1C(O)c1cc(F)c(Cl)cc1F. The Morgan fingerprint density at radius 2 is 2.14 bits per heavy atom. The zero-order valence-electron chi connectivity index (χ0n) is 11.0. The third kappa shape index (κ3) is 3.42. The number of ether oxygens (including phenoxy) is 1. The lowest BCUT2D eigenvalue weighted by Gasteiger charge is -2.15. The number of aromatic nitrogens is 2. The van der Waals surface area contributed by atoms with Crippen LogP contribution in [0.2, 0.25) is 5.02 Å². The number of rotatable bonds is 5. The maximum atomic E-state index is 13.9. The predicted molar refractivity (Wildman–Crippen MR) is 77.2 cm³/mol. The highest BCUT2D eigenvalue weighted by Crippen LogP contribution is 2.32. The normalized spacial score (nSPS) is 12.7. The molecule has 1 heterocycles. The van der Waals surface area contributed by atoms with Gasteiger partial charge in [-0.25, -0.2) is 8.78 Å². The monoisotopic (exact) mass is 380 g/mol. The van der Waals surface area contributed by atoms with E-state index in [4.69, 9.17) is 16.3 Å². The van der Waals surface area contributed by atoms with E-state index in [1.165, 1.54) is 18.0 Å². The Morgan fingerprint density at radius 1 is 1.43 bits per heavy atom. The van der Waals surface area contributed by atoms with E-state index in [0.29, 0.717) is 23.3 Å². The molecule has 2 rings (SSSR count). The van der Waals surface area contributed by atoms with Crippen molar-refractivity contribution in [3.05, 3.63) is 50.7 Å². The summed E-state index contributed by atoms with van der Waals surface area (Å²) in [5.41, 5.74) is 0.101. The van der Waals surface area contributed by atoms with E-state index in [2.05, 4.69) is 21.0 Å².